The maximum Gasteiger partial charge on any atom is 0.408 e. The Labute approximate surface area is 120 Å². The van der Waals surface area contributed by atoms with Gasteiger partial charge in [0, 0.05) is 5.56 Å². The second-order valence-corrected chi connectivity index (χ2v) is 6.10. The third kappa shape index (κ3) is 5.03. The van der Waals surface area contributed by atoms with Crippen LogP contribution in [-0.2, 0) is 4.74 Å². The van der Waals surface area contributed by atoms with E-state index in [1.807, 2.05) is 19.9 Å². The number of hydrogen-bond donors (Lipinski definition) is 1. The van der Waals surface area contributed by atoms with Crippen LogP contribution in [0.25, 0.3) is 0 Å². The summed E-state index contributed by atoms with van der Waals surface area (Å²) >= 11 is 0. The van der Waals surface area contributed by atoms with Gasteiger partial charge in [-0.2, -0.15) is 0 Å². The summed E-state index contributed by atoms with van der Waals surface area (Å²) in [6.07, 6.45) is -0.569. The molecule has 0 unspecified atom stereocenters. The Bertz CT molecular complexity index is 460. The maximum absolute atomic E-state index is 12.4. The Balaban J connectivity index is 2.80. The average Bonchev–Trinajstić information content (AvgIpc) is 2.34. The number of carbonyl (C=O) groups excluding carboxylic acids is 2. The first-order chi connectivity index (χ1) is 9.20. The van der Waals surface area contributed by atoms with Gasteiger partial charge in [0.1, 0.15) is 5.60 Å². The molecule has 110 valence electrons. The minimum Gasteiger partial charge on any atom is -0.444 e. The number of ketones is 1. The fourth-order valence-corrected chi connectivity index (χ4v) is 1.75. The van der Waals surface area contributed by atoms with E-state index in [0.717, 1.165) is 0 Å². The van der Waals surface area contributed by atoms with E-state index in [9.17, 15) is 9.59 Å². The molecule has 1 aromatic carbocycles. The highest BCUT2D eigenvalue weighted by Gasteiger charge is 2.27. The molecule has 0 spiro atoms. The van der Waals surface area contributed by atoms with Crippen LogP contribution < -0.4 is 5.32 Å². The number of carbonyl (C=O) groups is 2. The van der Waals surface area contributed by atoms with Crippen LogP contribution in [0.15, 0.2) is 30.3 Å². The van der Waals surface area contributed by atoms with Crippen molar-refractivity contribution in [1.82, 2.24) is 5.32 Å². The normalized spacial score (nSPS) is 12.9. The van der Waals surface area contributed by atoms with Gasteiger partial charge < -0.3 is 10.1 Å². The van der Waals surface area contributed by atoms with Gasteiger partial charge in [0.2, 0.25) is 0 Å². The number of rotatable bonds is 4. The van der Waals surface area contributed by atoms with Crippen LogP contribution in [-0.4, -0.2) is 23.5 Å². The molecule has 1 N–H and O–H groups in total. The molecule has 0 fully saturated rings. The summed E-state index contributed by atoms with van der Waals surface area (Å²) in [6.45, 7) is 9.15. The first kappa shape index (κ1) is 16.2. The van der Waals surface area contributed by atoms with Gasteiger partial charge in [0.05, 0.1) is 6.04 Å². The first-order valence-corrected chi connectivity index (χ1v) is 6.79. The fourth-order valence-electron chi connectivity index (χ4n) is 1.75. The third-order valence-corrected chi connectivity index (χ3v) is 2.68. The van der Waals surface area contributed by atoms with Crippen molar-refractivity contribution in [3.63, 3.8) is 0 Å². The van der Waals surface area contributed by atoms with Crippen molar-refractivity contribution in [2.45, 2.75) is 46.3 Å². The molecule has 4 heteroatoms. The first-order valence-electron chi connectivity index (χ1n) is 6.79. The van der Waals surface area contributed by atoms with E-state index in [1.165, 1.54) is 0 Å². The van der Waals surface area contributed by atoms with Crippen molar-refractivity contribution >= 4 is 11.9 Å². The number of hydrogen-bond acceptors (Lipinski definition) is 3. The second kappa shape index (κ2) is 6.55. The molecule has 0 bridgehead atoms. The van der Waals surface area contributed by atoms with Crippen molar-refractivity contribution in [3.8, 4) is 0 Å². The number of ether oxygens (including phenoxy) is 1. The van der Waals surface area contributed by atoms with E-state index in [2.05, 4.69) is 5.32 Å². The molecule has 0 aromatic heterocycles. The Morgan fingerprint density at radius 1 is 1.10 bits per heavy atom. The quantitative estimate of drug-likeness (QED) is 0.858. The van der Waals surface area contributed by atoms with Crippen LogP contribution in [0.2, 0.25) is 0 Å². The largest absolute Gasteiger partial charge is 0.444 e. The highest BCUT2D eigenvalue weighted by Crippen LogP contribution is 2.12. The molecule has 0 saturated heterocycles. The number of benzene rings is 1. The molecular formula is C16H23NO3. The SMILES string of the molecule is CC(C)[C@@H](NC(=O)OC(C)(C)C)C(=O)c1ccccc1. The molecule has 0 aliphatic carbocycles. The number of amides is 1. The summed E-state index contributed by atoms with van der Waals surface area (Å²) in [4.78, 5) is 24.2. The second-order valence-electron chi connectivity index (χ2n) is 6.10. The highest BCUT2D eigenvalue weighted by atomic mass is 16.6. The Kier molecular flexibility index (Phi) is 5.31. The lowest BCUT2D eigenvalue weighted by molar-refractivity contribution is 0.0475. The van der Waals surface area contributed by atoms with Gasteiger partial charge >= 0.3 is 6.09 Å². The van der Waals surface area contributed by atoms with Gasteiger partial charge in [-0.3, -0.25) is 4.79 Å². The number of nitrogens with one attached hydrogen (secondary N) is 1. The van der Waals surface area contributed by atoms with Gasteiger partial charge in [-0.1, -0.05) is 44.2 Å². The highest BCUT2D eigenvalue weighted by molar-refractivity contribution is 6.01. The van der Waals surface area contributed by atoms with Crippen molar-refractivity contribution < 1.29 is 14.3 Å². The van der Waals surface area contributed by atoms with Gasteiger partial charge in [0.15, 0.2) is 5.78 Å². The molecule has 0 saturated carbocycles. The van der Waals surface area contributed by atoms with Crippen molar-refractivity contribution in [1.29, 1.82) is 0 Å². The van der Waals surface area contributed by atoms with Crippen LogP contribution in [0.5, 0.6) is 0 Å². The molecule has 1 rings (SSSR count). The molecule has 0 aliphatic heterocycles. The Morgan fingerprint density at radius 3 is 2.10 bits per heavy atom. The van der Waals surface area contributed by atoms with Crippen LogP contribution in [0.1, 0.15) is 45.0 Å². The molecule has 0 heterocycles. The van der Waals surface area contributed by atoms with Gasteiger partial charge in [-0.25, -0.2) is 4.79 Å². The average molecular weight is 277 g/mol. The predicted molar refractivity (Wildman–Crippen MR) is 78.8 cm³/mol. The minimum atomic E-state index is -0.591. The lowest BCUT2D eigenvalue weighted by Crippen LogP contribution is -2.46. The summed E-state index contributed by atoms with van der Waals surface area (Å²) < 4.78 is 5.20. The molecule has 20 heavy (non-hydrogen) atoms. The maximum atomic E-state index is 12.4. The lowest BCUT2D eigenvalue weighted by atomic mass is 9.95. The number of alkyl carbamates (subject to hydrolysis) is 1. The number of Topliss-reactive ketones (excluding diaryl/α,β-unsaturated/α-hetero) is 1. The van der Waals surface area contributed by atoms with Crippen molar-refractivity contribution in [2.24, 2.45) is 5.92 Å². The molecular weight excluding hydrogens is 254 g/mol. The van der Waals surface area contributed by atoms with Crippen LogP contribution >= 0.6 is 0 Å². The summed E-state index contributed by atoms with van der Waals surface area (Å²) in [5.74, 6) is -0.123. The third-order valence-electron chi connectivity index (χ3n) is 2.68. The topological polar surface area (TPSA) is 55.4 Å². The van der Waals surface area contributed by atoms with E-state index in [4.69, 9.17) is 4.74 Å². The molecule has 4 nitrogen and oxygen atoms in total. The van der Waals surface area contributed by atoms with E-state index < -0.39 is 17.7 Å². The molecule has 1 amide bonds. The van der Waals surface area contributed by atoms with Crippen LogP contribution in [0.3, 0.4) is 0 Å². The van der Waals surface area contributed by atoms with E-state index in [1.54, 1.807) is 45.0 Å². The summed E-state index contributed by atoms with van der Waals surface area (Å²) in [6, 6.07) is 8.36. The zero-order valence-corrected chi connectivity index (χ0v) is 12.8. The zero-order valence-electron chi connectivity index (χ0n) is 12.8. The monoisotopic (exact) mass is 277 g/mol. The van der Waals surface area contributed by atoms with Gasteiger partial charge in [-0.05, 0) is 26.7 Å². The summed E-state index contributed by atoms with van der Waals surface area (Å²) in [7, 11) is 0. The van der Waals surface area contributed by atoms with Crippen LogP contribution in [0, 0.1) is 5.92 Å². The Morgan fingerprint density at radius 2 is 1.65 bits per heavy atom. The molecule has 0 radical (unpaired) electrons. The standard InChI is InChI=1S/C16H23NO3/c1-11(2)13(17-15(19)20-16(3,4)5)14(18)12-9-7-6-8-10-12/h6-11,13H,1-5H3,(H,17,19)/t13-/m1/s1. The fraction of sp³-hybridized carbons (Fsp3) is 0.500. The predicted octanol–water partition coefficient (Wildman–Crippen LogP) is 3.42. The Hall–Kier alpha value is -1.84. The lowest BCUT2D eigenvalue weighted by Gasteiger charge is -2.25. The zero-order chi connectivity index (χ0) is 15.3. The van der Waals surface area contributed by atoms with E-state index in [-0.39, 0.29) is 11.7 Å². The minimum absolute atomic E-state index is 0.0183. The molecule has 0 aliphatic rings. The van der Waals surface area contributed by atoms with Gasteiger partial charge in [-0.15, -0.1) is 0 Å². The molecule has 1 atom stereocenters. The molecule has 1 aromatic rings. The van der Waals surface area contributed by atoms with Crippen molar-refractivity contribution in [2.75, 3.05) is 0 Å². The van der Waals surface area contributed by atoms with Crippen LogP contribution in [0.4, 0.5) is 4.79 Å². The van der Waals surface area contributed by atoms with E-state index in [0.29, 0.717) is 5.56 Å². The van der Waals surface area contributed by atoms with E-state index >= 15 is 0 Å². The van der Waals surface area contributed by atoms with Crippen molar-refractivity contribution in [3.05, 3.63) is 35.9 Å². The summed E-state index contributed by atoms with van der Waals surface area (Å²) in [5, 5.41) is 2.66. The van der Waals surface area contributed by atoms with Gasteiger partial charge in [0.25, 0.3) is 0 Å². The smallest absolute Gasteiger partial charge is 0.408 e. The summed E-state index contributed by atoms with van der Waals surface area (Å²) in [5.41, 5.74) is 0.00349.